The molecule has 5 heteroatoms. The van der Waals surface area contributed by atoms with Gasteiger partial charge in [-0.1, -0.05) is 44.6 Å². The number of aromatic nitrogens is 1. The van der Waals surface area contributed by atoms with Crippen molar-refractivity contribution in [3.63, 3.8) is 0 Å². The number of carbonyl (C=O) groups is 1. The van der Waals surface area contributed by atoms with E-state index in [-0.39, 0.29) is 29.3 Å². The lowest BCUT2D eigenvalue weighted by atomic mass is 9.77. The Kier molecular flexibility index (Phi) is 7.73. The van der Waals surface area contributed by atoms with Gasteiger partial charge in [0.25, 0.3) is 0 Å². The molecular weight excluding hydrogens is 410 g/mol. The second-order valence-corrected chi connectivity index (χ2v) is 10.3. The Labute approximate surface area is 199 Å². The quantitative estimate of drug-likeness (QED) is 0.521. The van der Waals surface area contributed by atoms with Gasteiger partial charge < -0.3 is 19.9 Å². The number of nitrogens with one attached hydrogen (secondary N) is 2. The molecule has 0 aliphatic carbocycles. The standard InChI is InChI=1S/C28H41N3O2/c1-9-28(6,14-10-11-18(2)3)22-12-13-23-24-20(16-29-25(22)24)15-21(17-33-8)30-27(32)26(19(4)5)31(23)7/h9,11-13,16,19,21,26,29H,1,10,14-15,17H2,2-8H3,(H,30,32). The van der Waals surface area contributed by atoms with Crippen molar-refractivity contribution in [3.05, 3.63) is 53.8 Å². The minimum Gasteiger partial charge on any atom is -0.383 e. The second kappa shape index (κ2) is 10.2. The molecule has 1 aliphatic heterocycles. The van der Waals surface area contributed by atoms with Crippen LogP contribution in [0.1, 0.15) is 58.6 Å². The number of anilines is 1. The Morgan fingerprint density at radius 2 is 2.09 bits per heavy atom. The fourth-order valence-corrected chi connectivity index (χ4v) is 5.22. The molecule has 3 rings (SSSR count). The molecule has 0 fully saturated rings. The van der Waals surface area contributed by atoms with Crippen molar-refractivity contribution in [3.8, 4) is 0 Å². The normalized spacial score (nSPS) is 20.6. The van der Waals surface area contributed by atoms with Gasteiger partial charge in [-0.25, -0.2) is 0 Å². The van der Waals surface area contributed by atoms with E-state index in [0.717, 1.165) is 30.5 Å². The zero-order valence-electron chi connectivity index (χ0n) is 21.4. The van der Waals surface area contributed by atoms with Gasteiger partial charge in [0.05, 0.1) is 18.2 Å². The lowest BCUT2D eigenvalue weighted by Crippen LogP contribution is -2.52. The molecule has 5 nitrogen and oxygen atoms in total. The van der Waals surface area contributed by atoms with Gasteiger partial charge >= 0.3 is 0 Å². The summed E-state index contributed by atoms with van der Waals surface area (Å²) in [5.74, 6) is 0.217. The topological polar surface area (TPSA) is 57.4 Å². The van der Waals surface area contributed by atoms with E-state index in [0.29, 0.717) is 6.61 Å². The molecule has 0 radical (unpaired) electrons. The maximum atomic E-state index is 13.3. The number of methoxy groups -OCH3 is 1. The highest BCUT2D eigenvalue weighted by Gasteiger charge is 2.34. The number of hydrogen-bond donors (Lipinski definition) is 2. The number of likely N-dealkylation sites (N-methyl/N-ethyl adjacent to an activating group) is 1. The van der Waals surface area contributed by atoms with Gasteiger partial charge in [0.2, 0.25) is 5.91 Å². The molecule has 1 aromatic carbocycles. The van der Waals surface area contributed by atoms with Crippen molar-refractivity contribution in [2.24, 2.45) is 5.92 Å². The molecule has 0 saturated heterocycles. The van der Waals surface area contributed by atoms with E-state index in [1.807, 2.05) is 7.05 Å². The number of hydrogen-bond acceptors (Lipinski definition) is 3. The average Bonchev–Trinajstić information content (AvgIpc) is 3.16. The third-order valence-corrected chi connectivity index (χ3v) is 7.06. The Balaban J connectivity index is 2.19. The van der Waals surface area contributed by atoms with Crippen molar-refractivity contribution < 1.29 is 9.53 Å². The van der Waals surface area contributed by atoms with Crippen molar-refractivity contribution in [1.82, 2.24) is 10.3 Å². The van der Waals surface area contributed by atoms with Crippen LogP contribution in [-0.2, 0) is 21.4 Å². The molecule has 2 N–H and O–H groups in total. The maximum absolute atomic E-state index is 13.3. The van der Waals surface area contributed by atoms with Crippen LogP contribution < -0.4 is 10.2 Å². The van der Waals surface area contributed by atoms with E-state index in [9.17, 15) is 4.79 Å². The number of amides is 1. The Morgan fingerprint density at radius 3 is 2.70 bits per heavy atom. The molecular formula is C28H41N3O2. The maximum Gasteiger partial charge on any atom is 0.243 e. The molecule has 2 aromatic rings. The average molecular weight is 452 g/mol. The fraction of sp³-hybridized carbons (Fsp3) is 0.536. The van der Waals surface area contributed by atoms with E-state index in [2.05, 4.69) is 86.9 Å². The van der Waals surface area contributed by atoms with Crippen LogP contribution in [0.5, 0.6) is 0 Å². The van der Waals surface area contributed by atoms with Gasteiger partial charge in [0.15, 0.2) is 0 Å². The minimum atomic E-state index is -0.261. The van der Waals surface area contributed by atoms with Crippen LogP contribution in [-0.4, -0.2) is 43.7 Å². The molecule has 1 aliphatic rings. The number of nitrogens with zero attached hydrogens (tertiary/aromatic N) is 1. The summed E-state index contributed by atoms with van der Waals surface area (Å²) >= 11 is 0. The third kappa shape index (κ3) is 5.03. The first-order valence-corrected chi connectivity index (χ1v) is 12.1. The summed E-state index contributed by atoms with van der Waals surface area (Å²) in [6, 6.07) is 4.08. The Bertz CT molecular complexity index is 1030. The zero-order chi connectivity index (χ0) is 24.3. The van der Waals surface area contributed by atoms with Crippen molar-refractivity contribution in [2.45, 2.75) is 71.4 Å². The first-order valence-electron chi connectivity index (χ1n) is 12.1. The number of H-pyrrole nitrogens is 1. The van der Waals surface area contributed by atoms with E-state index in [1.54, 1.807) is 7.11 Å². The number of rotatable bonds is 8. The Hall–Kier alpha value is -2.53. The third-order valence-electron chi connectivity index (χ3n) is 7.06. The van der Waals surface area contributed by atoms with Crippen LogP contribution in [0.3, 0.4) is 0 Å². The smallest absolute Gasteiger partial charge is 0.243 e. The Morgan fingerprint density at radius 1 is 1.36 bits per heavy atom. The number of carbonyl (C=O) groups excluding carboxylic acids is 1. The predicted molar refractivity (Wildman–Crippen MR) is 139 cm³/mol. The largest absolute Gasteiger partial charge is 0.383 e. The number of ether oxygens (including phenoxy) is 1. The predicted octanol–water partition coefficient (Wildman–Crippen LogP) is 5.51. The van der Waals surface area contributed by atoms with Crippen molar-refractivity contribution in [1.29, 1.82) is 0 Å². The monoisotopic (exact) mass is 451 g/mol. The first-order chi connectivity index (χ1) is 15.6. The first kappa shape index (κ1) is 25.1. The van der Waals surface area contributed by atoms with Gasteiger partial charge in [-0.05, 0) is 56.2 Å². The van der Waals surface area contributed by atoms with Crippen LogP contribution in [0, 0.1) is 5.92 Å². The summed E-state index contributed by atoms with van der Waals surface area (Å²) < 4.78 is 5.45. The molecule has 0 spiro atoms. The van der Waals surface area contributed by atoms with Crippen LogP contribution >= 0.6 is 0 Å². The summed E-state index contributed by atoms with van der Waals surface area (Å²) in [4.78, 5) is 19.0. The van der Waals surface area contributed by atoms with Gasteiger partial charge in [0, 0.05) is 36.8 Å². The van der Waals surface area contributed by atoms with Gasteiger partial charge in [-0.3, -0.25) is 4.79 Å². The molecule has 0 bridgehead atoms. The van der Waals surface area contributed by atoms with Crippen molar-refractivity contribution in [2.75, 3.05) is 25.7 Å². The molecule has 3 unspecified atom stereocenters. The molecule has 1 aromatic heterocycles. The van der Waals surface area contributed by atoms with E-state index < -0.39 is 0 Å². The molecule has 1 amide bonds. The van der Waals surface area contributed by atoms with E-state index in [1.165, 1.54) is 22.1 Å². The summed E-state index contributed by atoms with van der Waals surface area (Å²) in [6.07, 6.45) is 9.20. The highest BCUT2D eigenvalue weighted by atomic mass is 16.5. The fourth-order valence-electron chi connectivity index (χ4n) is 5.22. The highest BCUT2D eigenvalue weighted by Crippen LogP contribution is 2.41. The number of benzene rings is 1. The summed E-state index contributed by atoms with van der Waals surface area (Å²) in [5, 5.41) is 4.44. The summed E-state index contributed by atoms with van der Waals surface area (Å²) in [7, 11) is 3.72. The van der Waals surface area contributed by atoms with Gasteiger partial charge in [-0.2, -0.15) is 0 Å². The van der Waals surface area contributed by atoms with Gasteiger partial charge in [-0.15, -0.1) is 6.58 Å². The molecule has 3 atom stereocenters. The zero-order valence-corrected chi connectivity index (χ0v) is 21.4. The lowest BCUT2D eigenvalue weighted by molar-refractivity contribution is -0.124. The molecule has 33 heavy (non-hydrogen) atoms. The molecule has 180 valence electrons. The second-order valence-electron chi connectivity index (χ2n) is 10.3. The molecule has 0 saturated carbocycles. The van der Waals surface area contributed by atoms with Crippen molar-refractivity contribution >= 4 is 22.5 Å². The lowest BCUT2D eigenvalue weighted by Gasteiger charge is -2.34. The number of allylic oxidation sites excluding steroid dienone is 3. The number of aromatic amines is 1. The summed E-state index contributed by atoms with van der Waals surface area (Å²) in [6.45, 7) is 15.4. The van der Waals surface area contributed by atoms with Crippen LogP contribution in [0.2, 0.25) is 0 Å². The minimum absolute atomic E-state index is 0.0542. The van der Waals surface area contributed by atoms with Crippen LogP contribution in [0.4, 0.5) is 5.69 Å². The summed E-state index contributed by atoms with van der Waals surface area (Å²) in [5.41, 5.74) is 5.86. The van der Waals surface area contributed by atoms with E-state index >= 15 is 0 Å². The van der Waals surface area contributed by atoms with Crippen LogP contribution in [0.25, 0.3) is 10.9 Å². The highest BCUT2D eigenvalue weighted by molar-refractivity contribution is 6.00. The SMILES string of the molecule is C=CC(C)(CCC=C(C)C)c1ccc2c3c(c[nH]c13)CC(COC)NC(=O)C(C(C)C)N2C. The van der Waals surface area contributed by atoms with Gasteiger partial charge in [0.1, 0.15) is 6.04 Å². The molecule has 2 heterocycles. The van der Waals surface area contributed by atoms with E-state index in [4.69, 9.17) is 4.74 Å². The van der Waals surface area contributed by atoms with Crippen LogP contribution in [0.15, 0.2) is 42.6 Å².